The van der Waals surface area contributed by atoms with Crippen LogP contribution in [0.25, 0.3) is 0 Å². The van der Waals surface area contributed by atoms with Gasteiger partial charge in [-0.1, -0.05) is 17.7 Å². The maximum absolute atomic E-state index is 14.0. The smallest absolute Gasteiger partial charge is 0.271 e. The van der Waals surface area contributed by atoms with Gasteiger partial charge in [0.05, 0.1) is 31.9 Å². The van der Waals surface area contributed by atoms with Crippen molar-refractivity contribution in [3.63, 3.8) is 0 Å². The molecule has 0 aliphatic carbocycles. The normalized spacial score (nSPS) is 13.8. The summed E-state index contributed by atoms with van der Waals surface area (Å²) in [5.74, 6) is 0.336. The van der Waals surface area contributed by atoms with Crippen molar-refractivity contribution >= 4 is 34.8 Å². The highest BCUT2D eigenvalue weighted by atomic mass is 35.5. The molecule has 11 heteroatoms. The molecule has 196 valence electrons. The van der Waals surface area contributed by atoms with E-state index in [0.717, 1.165) is 5.01 Å². The van der Waals surface area contributed by atoms with Gasteiger partial charge in [0.25, 0.3) is 11.8 Å². The Bertz CT molecular complexity index is 1290. The number of benzene rings is 2. The summed E-state index contributed by atoms with van der Waals surface area (Å²) < 4.78 is 30.1. The van der Waals surface area contributed by atoms with E-state index in [0.29, 0.717) is 65.0 Å². The van der Waals surface area contributed by atoms with Crippen LogP contribution in [0.5, 0.6) is 17.2 Å². The third-order valence-electron chi connectivity index (χ3n) is 6.28. The first-order chi connectivity index (χ1) is 17.9. The lowest BCUT2D eigenvalue weighted by atomic mass is 9.97. The Balaban J connectivity index is 1.36. The number of halogens is 2. The fourth-order valence-corrected chi connectivity index (χ4v) is 5.41. The van der Waals surface area contributed by atoms with Crippen LogP contribution in [0.1, 0.15) is 50.2 Å². The minimum absolute atomic E-state index is 0.0365. The van der Waals surface area contributed by atoms with Crippen molar-refractivity contribution in [2.24, 2.45) is 0 Å². The van der Waals surface area contributed by atoms with Crippen molar-refractivity contribution < 1.29 is 28.2 Å². The Morgan fingerprint density at radius 1 is 1.11 bits per heavy atom. The summed E-state index contributed by atoms with van der Waals surface area (Å²) in [5.41, 5.74) is 1.04. The SMILES string of the molecule is COc1ccc(C(=O)N2CCC(c3nc(C(=O)NCc4ccc(Cl)cc4F)cs3)CC2)c(OC)c1OC. The summed E-state index contributed by atoms with van der Waals surface area (Å²) in [4.78, 5) is 32.1. The van der Waals surface area contributed by atoms with E-state index in [4.69, 9.17) is 25.8 Å². The van der Waals surface area contributed by atoms with E-state index in [1.54, 1.807) is 28.5 Å². The average Bonchev–Trinajstić information content (AvgIpc) is 3.41. The monoisotopic (exact) mass is 547 g/mol. The summed E-state index contributed by atoms with van der Waals surface area (Å²) in [6.45, 7) is 1.12. The van der Waals surface area contributed by atoms with Crippen LogP contribution in [0.4, 0.5) is 4.39 Å². The zero-order chi connectivity index (χ0) is 26.5. The van der Waals surface area contributed by atoms with E-state index in [2.05, 4.69) is 10.3 Å². The second kappa shape index (κ2) is 11.8. The summed E-state index contributed by atoms with van der Waals surface area (Å²) in [6.07, 6.45) is 1.43. The van der Waals surface area contributed by atoms with E-state index in [1.807, 2.05) is 0 Å². The molecule has 1 aliphatic heterocycles. The highest BCUT2D eigenvalue weighted by molar-refractivity contribution is 7.09. The highest BCUT2D eigenvalue weighted by Gasteiger charge is 2.30. The van der Waals surface area contributed by atoms with Gasteiger partial charge < -0.3 is 24.4 Å². The van der Waals surface area contributed by atoms with E-state index in [-0.39, 0.29) is 24.3 Å². The molecule has 4 rings (SSSR count). The first-order valence-electron chi connectivity index (χ1n) is 11.6. The number of amides is 2. The minimum Gasteiger partial charge on any atom is -0.493 e. The third-order valence-corrected chi connectivity index (χ3v) is 7.52. The number of likely N-dealkylation sites (tertiary alicyclic amines) is 1. The van der Waals surface area contributed by atoms with Crippen molar-refractivity contribution in [2.75, 3.05) is 34.4 Å². The molecule has 2 amide bonds. The van der Waals surface area contributed by atoms with Crippen molar-refractivity contribution in [3.8, 4) is 17.2 Å². The topological polar surface area (TPSA) is 90.0 Å². The van der Waals surface area contributed by atoms with Gasteiger partial charge in [-0.25, -0.2) is 9.37 Å². The number of aromatic nitrogens is 1. The third kappa shape index (κ3) is 5.80. The molecule has 1 aromatic heterocycles. The lowest BCUT2D eigenvalue weighted by Crippen LogP contribution is -2.38. The first kappa shape index (κ1) is 26.7. The van der Waals surface area contributed by atoms with Crippen molar-refractivity contribution in [3.05, 3.63) is 68.4 Å². The molecule has 0 radical (unpaired) electrons. The molecule has 0 spiro atoms. The number of rotatable bonds is 8. The van der Waals surface area contributed by atoms with Gasteiger partial charge in [0.15, 0.2) is 11.5 Å². The Hall–Kier alpha value is -3.37. The Morgan fingerprint density at radius 3 is 2.49 bits per heavy atom. The number of hydrogen-bond donors (Lipinski definition) is 1. The van der Waals surface area contributed by atoms with Gasteiger partial charge in [0.1, 0.15) is 11.5 Å². The summed E-state index contributed by atoms with van der Waals surface area (Å²) in [7, 11) is 4.51. The molecular formula is C26H27ClFN3O5S. The zero-order valence-electron chi connectivity index (χ0n) is 20.7. The fourth-order valence-electron chi connectivity index (χ4n) is 4.28. The number of hydrogen-bond acceptors (Lipinski definition) is 7. The summed E-state index contributed by atoms with van der Waals surface area (Å²) in [5, 5.41) is 5.55. The Labute approximate surface area is 223 Å². The predicted octanol–water partition coefficient (Wildman–Crippen LogP) is 4.91. The van der Waals surface area contributed by atoms with Gasteiger partial charge >= 0.3 is 0 Å². The van der Waals surface area contributed by atoms with Gasteiger partial charge in [0.2, 0.25) is 5.75 Å². The minimum atomic E-state index is -0.473. The van der Waals surface area contributed by atoms with Gasteiger partial charge in [0, 0.05) is 41.5 Å². The standard InChI is InChI=1S/C26H27ClFN3O5S/c1-34-21-7-6-18(22(35-2)23(21)36-3)26(33)31-10-8-15(9-11-31)25-30-20(14-37-25)24(32)29-13-16-4-5-17(27)12-19(16)28/h4-7,12,14-15H,8-11,13H2,1-3H3,(H,29,32). The van der Waals surface area contributed by atoms with Crippen molar-refractivity contribution in [1.29, 1.82) is 0 Å². The van der Waals surface area contributed by atoms with Crippen LogP contribution >= 0.6 is 22.9 Å². The molecule has 1 N–H and O–H groups in total. The van der Waals surface area contributed by atoms with Crippen LogP contribution in [-0.4, -0.2) is 56.1 Å². The number of carbonyl (C=O) groups is 2. The molecule has 2 heterocycles. The average molecular weight is 548 g/mol. The quantitative estimate of drug-likeness (QED) is 0.431. The van der Waals surface area contributed by atoms with Crippen LogP contribution in [-0.2, 0) is 6.54 Å². The van der Waals surface area contributed by atoms with E-state index >= 15 is 0 Å². The maximum Gasteiger partial charge on any atom is 0.271 e. The molecular weight excluding hydrogens is 521 g/mol. The van der Waals surface area contributed by atoms with Crippen LogP contribution in [0, 0.1) is 5.82 Å². The number of nitrogens with zero attached hydrogens (tertiary/aromatic N) is 2. The molecule has 1 fully saturated rings. The largest absolute Gasteiger partial charge is 0.493 e. The molecule has 2 aromatic carbocycles. The second-order valence-electron chi connectivity index (χ2n) is 8.44. The van der Waals surface area contributed by atoms with Crippen LogP contribution in [0.3, 0.4) is 0 Å². The van der Waals surface area contributed by atoms with Crippen LogP contribution < -0.4 is 19.5 Å². The molecule has 1 aliphatic rings. The fraction of sp³-hybridized carbons (Fsp3) is 0.346. The zero-order valence-corrected chi connectivity index (χ0v) is 22.2. The van der Waals surface area contributed by atoms with Gasteiger partial charge in [-0.15, -0.1) is 11.3 Å². The van der Waals surface area contributed by atoms with E-state index < -0.39 is 5.82 Å². The number of thiazole rings is 1. The number of carbonyl (C=O) groups excluding carboxylic acids is 2. The predicted molar refractivity (Wildman–Crippen MR) is 139 cm³/mol. The number of ether oxygens (including phenoxy) is 3. The van der Waals surface area contributed by atoms with Crippen molar-refractivity contribution in [1.82, 2.24) is 15.2 Å². The Morgan fingerprint density at radius 2 is 1.84 bits per heavy atom. The molecule has 0 unspecified atom stereocenters. The van der Waals surface area contributed by atoms with Crippen molar-refractivity contribution in [2.45, 2.75) is 25.3 Å². The van der Waals surface area contributed by atoms with Crippen LogP contribution in [0.2, 0.25) is 5.02 Å². The lowest BCUT2D eigenvalue weighted by molar-refractivity contribution is 0.0708. The molecule has 3 aromatic rings. The van der Waals surface area contributed by atoms with Gasteiger partial charge in [-0.05, 0) is 37.1 Å². The number of nitrogens with one attached hydrogen (secondary N) is 1. The summed E-state index contributed by atoms with van der Waals surface area (Å²) >= 11 is 7.19. The Kier molecular flexibility index (Phi) is 8.50. The number of methoxy groups -OCH3 is 3. The molecule has 1 saturated heterocycles. The lowest BCUT2D eigenvalue weighted by Gasteiger charge is -2.31. The molecule has 0 saturated carbocycles. The van der Waals surface area contributed by atoms with E-state index in [1.165, 1.54) is 44.8 Å². The second-order valence-corrected chi connectivity index (χ2v) is 9.76. The molecule has 0 bridgehead atoms. The van der Waals surface area contributed by atoms with Gasteiger partial charge in [-0.3, -0.25) is 9.59 Å². The molecule has 37 heavy (non-hydrogen) atoms. The summed E-state index contributed by atoms with van der Waals surface area (Å²) in [6, 6.07) is 7.69. The maximum atomic E-state index is 14.0. The molecule has 8 nitrogen and oxygen atoms in total. The first-order valence-corrected chi connectivity index (χ1v) is 12.9. The highest BCUT2D eigenvalue weighted by Crippen LogP contribution is 2.41. The molecule has 0 atom stereocenters. The van der Waals surface area contributed by atoms with E-state index in [9.17, 15) is 14.0 Å². The van der Waals surface area contributed by atoms with Gasteiger partial charge in [-0.2, -0.15) is 0 Å². The van der Waals surface area contributed by atoms with Crippen LogP contribution in [0.15, 0.2) is 35.7 Å². The number of piperidine rings is 1.